The second-order valence-corrected chi connectivity index (χ2v) is 5.97. The fourth-order valence-corrected chi connectivity index (χ4v) is 3.27. The Balaban J connectivity index is 1.84. The molecule has 0 fully saturated rings. The third kappa shape index (κ3) is 3.13. The third-order valence-electron chi connectivity index (χ3n) is 4.63. The molecule has 1 atom stereocenters. The Labute approximate surface area is 137 Å². The van der Waals surface area contributed by atoms with Crippen molar-refractivity contribution in [2.45, 2.75) is 25.9 Å². The Kier molecular flexibility index (Phi) is 4.44. The molecule has 0 aromatic heterocycles. The molecule has 4 heteroatoms. The summed E-state index contributed by atoms with van der Waals surface area (Å²) in [6, 6.07) is 12.3. The highest BCUT2D eigenvalue weighted by Gasteiger charge is 2.25. The maximum Gasteiger partial charge on any atom is 0.160 e. The molecule has 23 heavy (non-hydrogen) atoms. The van der Waals surface area contributed by atoms with Gasteiger partial charge in [0.15, 0.2) is 11.5 Å². The van der Waals surface area contributed by atoms with Crippen LogP contribution in [-0.2, 0) is 13.0 Å². The molecule has 0 spiro atoms. The highest BCUT2D eigenvalue weighted by Crippen LogP contribution is 2.37. The van der Waals surface area contributed by atoms with Gasteiger partial charge in [-0.15, -0.1) is 0 Å². The Morgan fingerprint density at radius 2 is 2.00 bits per heavy atom. The molecule has 2 aromatic rings. The average Bonchev–Trinajstić information content (AvgIpc) is 2.57. The van der Waals surface area contributed by atoms with E-state index in [4.69, 9.17) is 9.47 Å². The van der Waals surface area contributed by atoms with Crippen molar-refractivity contribution in [3.05, 3.63) is 53.1 Å². The monoisotopic (exact) mass is 313 g/mol. The van der Waals surface area contributed by atoms with Gasteiger partial charge in [-0.05, 0) is 54.3 Å². The first-order chi connectivity index (χ1) is 11.1. The summed E-state index contributed by atoms with van der Waals surface area (Å²) in [5.41, 5.74) is 3.68. The Hall–Kier alpha value is -2.20. The zero-order valence-corrected chi connectivity index (χ0v) is 13.9. The quantitative estimate of drug-likeness (QED) is 0.937. The zero-order valence-electron chi connectivity index (χ0n) is 13.9. The van der Waals surface area contributed by atoms with Gasteiger partial charge in [-0.1, -0.05) is 12.1 Å². The summed E-state index contributed by atoms with van der Waals surface area (Å²) in [6.07, 6.45) is 0.932. The number of ether oxygens (including phenoxy) is 2. The van der Waals surface area contributed by atoms with E-state index < -0.39 is 0 Å². The second-order valence-electron chi connectivity index (χ2n) is 5.97. The molecule has 1 unspecified atom stereocenters. The van der Waals surface area contributed by atoms with E-state index >= 15 is 0 Å². The van der Waals surface area contributed by atoms with E-state index in [0.717, 1.165) is 25.3 Å². The van der Waals surface area contributed by atoms with Crippen molar-refractivity contribution >= 4 is 0 Å². The molecule has 2 aromatic carbocycles. The van der Waals surface area contributed by atoms with Gasteiger partial charge in [-0.3, -0.25) is 4.90 Å². The van der Waals surface area contributed by atoms with Crippen molar-refractivity contribution in [1.29, 1.82) is 0 Å². The molecule has 0 amide bonds. The maximum atomic E-state index is 9.96. The van der Waals surface area contributed by atoms with Gasteiger partial charge in [0.05, 0.1) is 14.2 Å². The molecule has 0 saturated carbocycles. The van der Waals surface area contributed by atoms with E-state index in [-0.39, 0.29) is 11.8 Å². The maximum absolute atomic E-state index is 9.96. The first-order valence-electron chi connectivity index (χ1n) is 7.89. The van der Waals surface area contributed by atoms with Crippen LogP contribution in [-0.4, -0.2) is 30.8 Å². The van der Waals surface area contributed by atoms with Crippen molar-refractivity contribution in [3.63, 3.8) is 0 Å². The van der Waals surface area contributed by atoms with Crippen LogP contribution in [0.4, 0.5) is 0 Å². The van der Waals surface area contributed by atoms with Crippen LogP contribution in [0.25, 0.3) is 0 Å². The highest BCUT2D eigenvalue weighted by atomic mass is 16.5. The van der Waals surface area contributed by atoms with E-state index in [1.807, 2.05) is 24.3 Å². The van der Waals surface area contributed by atoms with E-state index in [1.54, 1.807) is 14.2 Å². The number of benzene rings is 2. The number of rotatable bonds is 4. The van der Waals surface area contributed by atoms with Crippen LogP contribution in [0.3, 0.4) is 0 Å². The Morgan fingerprint density at radius 3 is 2.74 bits per heavy atom. The molecule has 1 aliphatic heterocycles. The largest absolute Gasteiger partial charge is 0.504 e. The summed E-state index contributed by atoms with van der Waals surface area (Å²) in [7, 11) is 3.28. The standard InChI is InChI=1S/C19H23NO3/c1-13-17-11-19(23-3)18(21)10-15(17)7-8-20(13)12-14-5-4-6-16(9-14)22-2/h4-6,9-11,13,21H,7-8,12H2,1-3H3. The predicted octanol–water partition coefficient (Wildman–Crippen LogP) is 3.53. The van der Waals surface area contributed by atoms with Crippen LogP contribution in [0.1, 0.15) is 29.7 Å². The first kappa shape index (κ1) is 15.7. The minimum absolute atomic E-state index is 0.222. The number of aromatic hydroxyl groups is 1. The fraction of sp³-hybridized carbons (Fsp3) is 0.368. The number of nitrogens with zero attached hydrogens (tertiary/aromatic N) is 1. The van der Waals surface area contributed by atoms with Gasteiger partial charge in [0.1, 0.15) is 5.75 Å². The summed E-state index contributed by atoms with van der Waals surface area (Å²) < 4.78 is 10.6. The van der Waals surface area contributed by atoms with E-state index in [9.17, 15) is 5.11 Å². The molecule has 0 saturated heterocycles. The highest BCUT2D eigenvalue weighted by molar-refractivity contribution is 5.48. The van der Waals surface area contributed by atoms with Gasteiger partial charge in [-0.2, -0.15) is 0 Å². The average molecular weight is 313 g/mol. The van der Waals surface area contributed by atoms with E-state index in [2.05, 4.69) is 24.0 Å². The lowest BCUT2D eigenvalue weighted by Crippen LogP contribution is -2.33. The summed E-state index contributed by atoms with van der Waals surface area (Å²) in [4.78, 5) is 2.44. The lowest BCUT2D eigenvalue weighted by Gasteiger charge is -2.35. The molecule has 1 heterocycles. The fourth-order valence-electron chi connectivity index (χ4n) is 3.27. The number of hydrogen-bond acceptors (Lipinski definition) is 4. The van der Waals surface area contributed by atoms with Crippen LogP contribution in [0, 0.1) is 0 Å². The second kappa shape index (κ2) is 6.50. The molecular weight excluding hydrogens is 290 g/mol. The lowest BCUT2D eigenvalue weighted by atomic mass is 9.92. The van der Waals surface area contributed by atoms with Crippen LogP contribution in [0.5, 0.6) is 17.2 Å². The number of fused-ring (bicyclic) bond motifs is 1. The van der Waals surface area contributed by atoms with Crippen molar-refractivity contribution in [2.24, 2.45) is 0 Å². The van der Waals surface area contributed by atoms with E-state index in [0.29, 0.717) is 5.75 Å². The molecule has 122 valence electrons. The minimum Gasteiger partial charge on any atom is -0.504 e. The predicted molar refractivity (Wildman–Crippen MR) is 90.2 cm³/mol. The van der Waals surface area contributed by atoms with Gasteiger partial charge < -0.3 is 14.6 Å². The van der Waals surface area contributed by atoms with Crippen LogP contribution < -0.4 is 9.47 Å². The molecule has 3 rings (SSSR count). The minimum atomic E-state index is 0.222. The summed E-state index contributed by atoms with van der Waals surface area (Å²) in [6.45, 7) is 4.05. The smallest absolute Gasteiger partial charge is 0.160 e. The Bertz CT molecular complexity index is 699. The number of phenols is 1. The number of hydrogen-bond donors (Lipinski definition) is 1. The van der Waals surface area contributed by atoms with Crippen LogP contribution >= 0.6 is 0 Å². The molecule has 0 radical (unpaired) electrons. The molecule has 4 nitrogen and oxygen atoms in total. The summed E-state index contributed by atoms with van der Waals surface area (Å²) in [5, 5.41) is 9.96. The van der Waals surface area contributed by atoms with Crippen molar-refractivity contribution in [2.75, 3.05) is 20.8 Å². The number of phenolic OH excluding ortho intramolecular Hbond substituents is 1. The lowest BCUT2D eigenvalue weighted by molar-refractivity contribution is 0.188. The molecule has 1 aliphatic rings. The topological polar surface area (TPSA) is 41.9 Å². The first-order valence-corrected chi connectivity index (χ1v) is 7.89. The van der Waals surface area contributed by atoms with Gasteiger partial charge >= 0.3 is 0 Å². The molecule has 0 aliphatic carbocycles. The normalized spacial score (nSPS) is 17.6. The summed E-state index contributed by atoms with van der Waals surface area (Å²) >= 11 is 0. The Morgan fingerprint density at radius 1 is 1.17 bits per heavy atom. The van der Waals surface area contributed by atoms with Gasteiger partial charge in [-0.25, -0.2) is 0 Å². The van der Waals surface area contributed by atoms with Crippen molar-refractivity contribution < 1.29 is 14.6 Å². The SMILES string of the molecule is COc1cccc(CN2CCc3cc(O)c(OC)cc3C2C)c1. The zero-order chi connectivity index (χ0) is 16.4. The van der Waals surface area contributed by atoms with Crippen molar-refractivity contribution in [1.82, 2.24) is 4.90 Å². The summed E-state index contributed by atoms with van der Waals surface area (Å²) in [5.74, 6) is 1.65. The van der Waals surface area contributed by atoms with Gasteiger partial charge in [0, 0.05) is 19.1 Å². The van der Waals surface area contributed by atoms with Crippen molar-refractivity contribution in [3.8, 4) is 17.2 Å². The number of methoxy groups -OCH3 is 2. The molecular formula is C19H23NO3. The van der Waals surface area contributed by atoms with Gasteiger partial charge in [0.2, 0.25) is 0 Å². The van der Waals surface area contributed by atoms with Gasteiger partial charge in [0.25, 0.3) is 0 Å². The van der Waals surface area contributed by atoms with Crippen LogP contribution in [0.2, 0.25) is 0 Å². The van der Waals surface area contributed by atoms with E-state index in [1.165, 1.54) is 16.7 Å². The van der Waals surface area contributed by atoms with Crippen LogP contribution in [0.15, 0.2) is 36.4 Å². The third-order valence-corrected chi connectivity index (χ3v) is 4.63. The molecule has 0 bridgehead atoms. The molecule has 1 N–H and O–H groups in total.